The van der Waals surface area contributed by atoms with Gasteiger partial charge in [-0.05, 0) is 49.2 Å². The lowest BCUT2D eigenvalue weighted by Crippen LogP contribution is -2.05. The molecule has 0 unspecified atom stereocenters. The van der Waals surface area contributed by atoms with E-state index < -0.39 is 0 Å². The Kier molecular flexibility index (Phi) is 18.7. The zero-order chi connectivity index (χ0) is 28.9. The molecule has 3 N–H and O–H groups in total. The molecule has 38 heavy (non-hydrogen) atoms. The lowest BCUT2D eigenvalue weighted by Gasteiger charge is -2.09. The molecule has 1 aromatic heterocycles. The van der Waals surface area contributed by atoms with Crippen LogP contribution in [0.1, 0.15) is 91.7 Å². The van der Waals surface area contributed by atoms with E-state index in [4.69, 9.17) is 0 Å². The number of carbonyl (C=O) groups is 1. The average molecular weight is 516 g/mol. The molecular formula is C34H49N3O. The van der Waals surface area contributed by atoms with Crippen LogP contribution in [0.25, 0.3) is 11.3 Å². The zero-order valence-electron chi connectivity index (χ0n) is 24.7. The van der Waals surface area contributed by atoms with E-state index in [9.17, 15) is 4.79 Å². The largest absolute Gasteiger partial charge is 0.387 e. The maximum atomic E-state index is 12.7. The van der Waals surface area contributed by atoms with Crippen LogP contribution in [0.2, 0.25) is 0 Å². The molecule has 3 rings (SSSR count). The molecule has 0 aliphatic heterocycles. The van der Waals surface area contributed by atoms with Crippen LogP contribution in [0, 0.1) is 6.92 Å². The smallest absolute Gasteiger partial charge is 0.193 e. The van der Waals surface area contributed by atoms with Crippen molar-refractivity contribution in [2.24, 2.45) is 5.73 Å². The minimum atomic E-state index is -0.0491. The highest BCUT2D eigenvalue weighted by Gasteiger charge is 2.12. The number of nitrogens with one attached hydrogen (secondary N) is 1. The van der Waals surface area contributed by atoms with E-state index in [1.807, 2.05) is 88.5 Å². The number of rotatable bonds is 10. The van der Waals surface area contributed by atoms with Crippen LogP contribution in [0.3, 0.4) is 0 Å². The van der Waals surface area contributed by atoms with Crippen molar-refractivity contribution in [3.05, 3.63) is 114 Å². The first kappa shape index (κ1) is 34.5. The van der Waals surface area contributed by atoms with Crippen molar-refractivity contribution < 1.29 is 4.79 Å². The van der Waals surface area contributed by atoms with Crippen molar-refractivity contribution in [2.45, 2.75) is 66.7 Å². The summed E-state index contributed by atoms with van der Waals surface area (Å²) in [7, 11) is 3.33. The molecule has 0 aliphatic rings. The van der Waals surface area contributed by atoms with Crippen LogP contribution in [-0.2, 0) is 6.42 Å². The van der Waals surface area contributed by atoms with Gasteiger partial charge in [-0.25, -0.2) is 0 Å². The van der Waals surface area contributed by atoms with Crippen LogP contribution in [0.15, 0.2) is 80.0 Å². The van der Waals surface area contributed by atoms with E-state index in [2.05, 4.69) is 43.0 Å². The second kappa shape index (κ2) is 20.5. The molecule has 4 nitrogen and oxygen atoms in total. The average Bonchev–Trinajstić information content (AvgIpc) is 2.98. The van der Waals surface area contributed by atoms with Crippen molar-refractivity contribution in [1.82, 2.24) is 10.3 Å². The number of Topliss-reactive ketones (excluding diaryl/α,β-unsaturated/α-hetero) is 1. The van der Waals surface area contributed by atoms with Gasteiger partial charge in [0, 0.05) is 24.4 Å². The van der Waals surface area contributed by atoms with Crippen molar-refractivity contribution >= 4 is 17.1 Å². The topological polar surface area (TPSA) is 68.0 Å². The summed E-state index contributed by atoms with van der Waals surface area (Å²) in [6.07, 6.45) is 8.09. The first-order valence-electron chi connectivity index (χ1n) is 13.7. The first-order chi connectivity index (χ1) is 18.4. The molecule has 206 valence electrons. The van der Waals surface area contributed by atoms with E-state index in [-0.39, 0.29) is 5.78 Å². The third kappa shape index (κ3) is 12.2. The first-order valence-corrected chi connectivity index (χ1v) is 13.7. The summed E-state index contributed by atoms with van der Waals surface area (Å²) in [5.41, 5.74) is 11.6. The summed E-state index contributed by atoms with van der Waals surface area (Å²) in [5, 5.41) is 3.02. The maximum absolute atomic E-state index is 12.7. The normalized spacial score (nSPS) is 9.37. The summed E-state index contributed by atoms with van der Waals surface area (Å²) in [5.74, 6) is -0.0491. The second-order valence-electron chi connectivity index (χ2n) is 8.53. The summed E-state index contributed by atoms with van der Waals surface area (Å²) in [4.78, 5) is 17.1. The molecule has 0 amide bonds. The Hall–Kier alpha value is -3.50. The third-order valence-electron chi connectivity index (χ3n) is 5.69. The molecule has 0 saturated heterocycles. The van der Waals surface area contributed by atoms with Gasteiger partial charge in [0.1, 0.15) is 0 Å². The standard InChI is InChI=1S/C25H24N2O.C6H14.C2H6.CH5N/c1-17-5-9-22(10-6-17)18(2)25(28)23-11-7-20(8-12-23)15-21-13-14-27-24(16-21)19(3)26-4;1-3-5-6-4-2;2*1-2/h5-14,16,26H,2-3,15H2,1,4H3;3-6H2,1-2H3;1-2H3;2H2,1H3. The number of aryl methyl sites for hydroxylation is 1. The van der Waals surface area contributed by atoms with Crippen LogP contribution in [0.4, 0.5) is 0 Å². The summed E-state index contributed by atoms with van der Waals surface area (Å²) in [6.45, 7) is 18.4. The van der Waals surface area contributed by atoms with Crippen molar-refractivity contribution in [1.29, 1.82) is 0 Å². The second-order valence-corrected chi connectivity index (χ2v) is 8.53. The molecule has 0 radical (unpaired) electrons. The molecule has 0 saturated carbocycles. The highest BCUT2D eigenvalue weighted by atomic mass is 16.1. The lowest BCUT2D eigenvalue weighted by atomic mass is 9.96. The Morgan fingerprint density at radius 1 is 0.842 bits per heavy atom. The monoisotopic (exact) mass is 515 g/mol. The maximum Gasteiger partial charge on any atom is 0.193 e. The molecule has 2 aromatic carbocycles. The van der Waals surface area contributed by atoms with Gasteiger partial charge >= 0.3 is 0 Å². The van der Waals surface area contributed by atoms with E-state index in [0.29, 0.717) is 11.1 Å². The molecule has 0 atom stereocenters. The summed E-state index contributed by atoms with van der Waals surface area (Å²) in [6, 6.07) is 19.6. The highest BCUT2D eigenvalue weighted by molar-refractivity contribution is 6.28. The third-order valence-corrected chi connectivity index (χ3v) is 5.69. The predicted octanol–water partition coefficient (Wildman–Crippen LogP) is 8.25. The number of unbranched alkanes of at least 4 members (excludes halogenated alkanes) is 3. The number of benzene rings is 2. The van der Waals surface area contributed by atoms with E-state index in [1.165, 1.54) is 32.7 Å². The Labute approximate surface area is 232 Å². The minimum absolute atomic E-state index is 0.0491. The van der Waals surface area contributed by atoms with E-state index in [0.717, 1.165) is 40.1 Å². The molecule has 3 aromatic rings. The van der Waals surface area contributed by atoms with E-state index >= 15 is 0 Å². The van der Waals surface area contributed by atoms with Gasteiger partial charge in [0.25, 0.3) is 0 Å². The van der Waals surface area contributed by atoms with Crippen LogP contribution in [-0.4, -0.2) is 24.9 Å². The Bertz CT molecular complexity index is 1080. The number of ketones is 1. The molecule has 0 fully saturated rings. The number of hydrogen-bond donors (Lipinski definition) is 2. The Balaban J connectivity index is 0.00000119. The molecular weight excluding hydrogens is 466 g/mol. The fourth-order valence-electron chi connectivity index (χ4n) is 3.45. The van der Waals surface area contributed by atoms with Crippen molar-refractivity contribution in [3.63, 3.8) is 0 Å². The van der Waals surface area contributed by atoms with Gasteiger partial charge in [-0.2, -0.15) is 0 Å². The fraction of sp³-hybridized carbons (Fsp3) is 0.353. The van der Waals surface area contributed by atoms with Crippen molar-refractivity contribution in [2.75, 3.05) is 14.1 Å². The Morgan fingerprint density at radius 2 is 1.37 bits per heavy atom. The van der Waals surface area contributed by atoms with Gasteiger partial charge in [0.2, 0.25) is 0 Å². The summed E-state index contributed by atoms with van der Waals surface area (Å²) < 4.78 is 0. The van der Waals surface area contributed by atoms with Gasteiger partial charge in [-0.15, -0.1) is 0 Å². The lowest BCUT2D eigenvalue weighted by molar-refractivity contribution is 0.105. The fourth-order valence-corrected chi connectivity index (χ4v) is 3.45. The highest BCUT2D eigenvalue weighted by Crippen LogP contribution is 2.20. The number of aromatic nitrogens is 1. The molecule has 0 spiro atoms. The Morgan fingerprint density at radius 3 is 1.87 bits per heavy atom. The van der Waals surface area contributed by atoms with Gasteiger partial charge in [-0.3, -0.25) is 9.78 Å². The minimum Gasteiger partial charge on any atom is -0.387 e. The van der Waals surface area contributed by atoms with E-state index in [1.54, 1.807) is 6.20 Å². The van der Waals surface area contributed by atoms with Crippen LogP contribution in [0.5, 0.6) is 0 Å². The number of allylic oxidation sites excluding steroid dienone is 1. The summed E-state index contributed by atoms with van der Waals surface area (Å²) >= 11 is 0. The van der Waals surface area contributed by atoms with Gasteiger partial charge in [-0.1, -0.05) is 121 Å². The quantitative estimate of drug-likeness (QED) is 0.162. The number of hydrogen-bond acceptors (Lipinski definition) is 4. The molecule has 0 bridgehead atoms. The van der Waals surface area contributed by atoms with Crippen LogP contribution < -0.4 is 11.1 Å². The number of nitrogens with two attached hydrogens (primary N) is 1. The number of pyridine rings is 1. The zero-order valence-corrected chi connectivity index (χ0v) is 24.7. The molecule has 0 aliphatic carbocycles. The number of carbonyl (C=O) groups excluding carboxylic acids is 1. The van der Waals surface area contributed by atoms with Gasteiger partial charge in [0.15, 0.2) is 5.78 Å². The SMILES string of the molecule is C=C(C(=O)c1ccc(Cc2ccnc(C(=C)NC)c2)cc1)c1ccc(C)cc1.CC.CCCCCC.CN. The predicted molar refractivity (Wildman–Crippen MR) is 167 cm³/mol. The molecule has 4 heteroatoms. The van der Waals surface area contributed by atoms with Gasteiger partial charge in [0.05, 0.1) is 11.4 Å². The number of nitrogens with zero attached hydrogens (tertiary/aromatic N) is 1. The van der Waals surface area contributed by atoms with Crippen LogP contribution >= 0.6 is 0 Å². The molecule has 1 heterocycles. The van der Waals surface area contributed by atoms with Crippen molar-refractivity contribution in [3.8, 4) is 0 Å². The van der Waals surface area contributed by atoms with Gasteiger partial charge < -0.3 is 11.1 Å².